The molecule has 4 nitrogen and oxygen atoms in total. The highest BCUT2D eigenvalue weighted by Gasteiger charge is 2.60. The van der Waals surface area contributed by atoms with E-state index in [2.05, 4.69) is 5.32 Å². The molecule has 0 amide bonds. The van der Waals surface area contributed by atoms with Gasteiger partial charge in [0.1, 0.15) is 5.78 Å². The fourth-order valence-corrected chi connectivity index (χ4v) is 5.02. The van der Waals surface area contributed by atoms with Crippen LogP contribution in [0.1, 0.15) is 32.1 Å². The van der Waals surface area contributed by atoms with E-state index in [0.29, 0.717) is 19.3 Å². The van der Waals surface area contributed by atoms with E-state index in [1.807, 2.05) is 12.2 Å². The summed E-state index contributed by atoms with van der Waals surface area (Å²) in [5.74, 6) is 0.247. The smallest absolute Gasteiger partial charge is 0.143 e. The molecule has 2 fully saturated rings. The number of aliphatic hydroxyl groups excluding tert-OH is 2. The zero-order valence-electron chi connectivity index (χ0n) is 11.5. The van der Waals surface area contributed by atoms with E-state index in [1.165, 1.54) is 0 Å². The van der Waals surface area contributed by atoms with Crippen LogP contribution in [0.25, 0.3) is 0 Å². The Labute approximate surface area is 118 Å². The molecule has 5 atom stereocenters. The van der Waals surface area contributed by atoms with Crippen LogP contribution in [-0.4, -0.2) is 40.8 Å². The van der Waals surface area contributed by atoms with Crippen LogP contribution in [0.15, 0.2) is 23.3 Å². The van der Waals surface area contributed by atoms with Crippen LogP contribution in [0, 0.1) is 11.3 Å². The second-order valence-electron chi connectivity index (χ2n) is 6.63. The van der Waals surface area contributed by atoms with Gasteiger partial charge in [0.2, 0.25) is 0 Å². The minimum Gasteiger partial charge on any atom is -0.393 e. The molecule has 4 aliphatic rings. The van der Waals surface area contributed by atoms with E-state index in [1.54, 1.807) is 0 Å². The molecule has 108 valence electrons. The summed E-state index contributed by atoms with van der Waals surface area (Å²) in [7, 11) is 0. The number of allylic oxidation sites excluding steroid dienone is 2. The lowest BCUT2D eigenvalue weighted by Gasteiger charge is -2.57. The summed E-state index contributed by atoms with van der Waals surface area (Å²) in [5.41, 5.74) is 1.52. The van der Waals surface area contributed by atoms with Gasteiger partial charge in [0.15, 0.2) is 0 Å². The van der Waals surface area contributed by atoms with Gasteiger partial charge in [0.05, 0.1) is 17.6 Å². The Morgan fingerprint density at radius 2 is 2.20 bits per heavy atom. The Balaban J connectivity index is 1.93. The van der Waals surface area contributed by atoms with E-state index in [0.717, 1.165) is 30.5 Å². The van der Waals surface area contributed by atoms with Crippen LogP contribution in [0.2, 0.25) is 0 Å². The average molecular weight is 275 g/mol. The molecule has 1 aliphatic heterocycles. The van der Waals surface area contributed by atoms with Crippen molar-refractivity contribution in [2.24, 2.45) is 11.3 Å². The van der Waals surface area contributed by atoms with Gasteiger partial charge in [0, 0.05) is 18.4 Å². The molecular formula is C16H21NO3. The van der Waals surface area contributed by atoms with Crippen LogP contribution >= 0.6 is 0 Å². The summed E-state index contributed by atoms with van der Waals surface area (Å²) in [6, 6.07) is 0.128. The topological polar surface area (TPSA) is 69.6 Å². The van der Waals surface area contributed by atoms with E-state index >= 15 is 0 Å². The number of ketones is 1. The van der Waals surface area contributed by atoms with Crippen LogP contribution in [0.4, 0.5) is 0 Å². The lowest BCUT2D eigenvalue weighted by atomic mass is 9.50. The zero-order valence-corrected chi connectivity index (χ0v) is 11.5. The molecule has 1 saturated heterocycles. The third kappa shape index (κ3) is 1.45. The molecule has 1 saturated carbocycles. The van der Waals surface area contributed by atoms with Crippen molar-refractivity contribution < 1.29 is 15.0 Å². The maximum Gasteiger partial charge on any atom is 0.143 e. The van der Waals surface area contributed by atoms with Crippen molar-refractivity contribution in [1.82, 2.24) is 5.32 Å². The van der Waals surface area contributed by atoms with Crippen molar-refractivity contribution in [3.8, 4) is 0 Å². The Morgan fingerprint density at radius 1 is 1.35 bits per heavy atom. The van der Waals surface area contributed by atoms with Gasteiger partial charge in [-0.1, -0.05) is 12.2 Å². The van der Waals surface area contributed by atoms with Gasteiger partial charge in [-0.3, -0.25) is 4.79 Å². The van der Waals surface area contributed by atoms with Gasteiger partial charge < -0.3 is 15.5 Å². The highest BCUT2D eigenvalue weighted by Crippen LogP contribution is 2.56. The number of Topliss-reactive ketones (excluding diaryl/α,β-unsaturated/α-hetero) is 1. The van der Waals surface area contributed by atoms with Crippen LogP contribution < -0.4 is 5.32 Å². The quantitative estimate of drug-likeness (QED) is 0.608. The maximum absolute atomic E-state index is 12.8. The molecule has 1 heterocycles. The zero-order chi connectivity index (χ0) is 13.9. The predicted molar refractivity (Wildman–Crippen MR) is 74.0 cm³/mol. The van der Waals surface area contributed by atoms with Crippen molar-refractivity contribution >= 4 is 5.78 Å². The molecule has 0 aromatic heterocycles. The van der Waals surface area contributed by atoms with Gasteiger partial charge in [-0.2, -0.15) is 0 Å². The number of rotatable bonds is 0. The van der Waals surface area contributed by atoms with Crippen LogP contribution in [-0.2, 0) is 4.79 Å². The first-order chi connectivity index (χ1) is 9.64. The average Bonchev–Trinajstić information content (AvgIpc) is 2.44. The molecule has 0 aromatic rings. The summed E-state index contributed by atoms with van der Waals surface area (Å²) < 4.78 is 0. The number of piperidine rings is 1. The number of carbonyl (C=O) groups is 1. The molecule has 1 unspecified atom stereocenters. The molecule has 0 radical (unpaired) electrons. The largest absolute Gasteiger partial charge is 0.393 e. The number of carbonyl (C=O) groups excluding carboxylic acids is 1. The van der Waals surface area contributed by atoms with Crippen molar-refractivity contribution in [2.45, 2.75) is 50.4 Å². The fourth-order valence-electron chi connectivity index (χ4n) is 5.02. The third-order valence-corrected chi connectivity index (χ3v) is 5.82. The van der Waals surface area contributed by atoms with Gasteiger partial charge in [-0.25, -0.2) is 0 Å². The first-order valence-corrected chi connectivity index (χ1v) is 7.67. The second-order valence-corrected chi connectivity index (χ2v) is 6.63. The number of hydrogen-bond donors (Lipinski definition) is 3. The van der Waals surface area contributed by atoms with Gasteiger partial charge in [-0.05, 0) is 43.4 Å². The van der Waals surface area contributed by atoms with Gasteiger partial charge in [-0.15, -0.1) is 0 Å². The third-order valence-electron chi connectivity index (χ3n) is 5.82. The van der Waals surface area contributed by atoms with Crippen molar-refractivity contribution in [2.75, 3.05) is 6.54 Å². The predicted octanol–water partition coefficient (Wildman–Crippen LogP) is 0.696. The molecule has 0 aromatic carbocycles. The standard InChI is InChI=1S/C16H21NO3/c18-12-3-1-2-10-9(12)8-11-15-13(19)4-5-14(20)16(10,15)6-7-17-11/h1-2,11-13,15,17-19H,3-8H2/t11-,12?,13+,15-,16+/m1/s1. The monoisotopic (exact) mass is 275 g/mol. The molecule has 20 heavy (non-hydrogen) atoms. The molecule has 3 aliphatic carbocycles. The Kier molecular flexibility index (Phi) is 2.72. The maximum atomic E-state index is 12.8. The first kappa shape index (κ1) is 12.7. The van der Waals surface area contributed by atoms with E-state index in [4.69, 9.17) is 0 Å². The summed E-state index contributed by atoms with van der Waals surface area (Å²) in [6.45, 7) is 0.820. The summed E-state index contributed by atoms with van der Waals surface area (Å²) in [6.07, 6.45) is 6.36. The molecule has 4 heteroatoms. The summed E-state index contributed by atoms with van der Waals surface area (Å²) >= 11 is 0. The number of aliphatic hydroxyl groups is 2. The highest BCUT2D eigenvalue weighted by atomic mass is 16.3. The van der Waals surface area contributed by atoms with Gasteiger partial charge >= 0.3 is 0 Å². The number of hydrogen-bond acceptors (Lipinski definition) is 4. The summed E-state index contributed by atoms with van der Waals surface area (Å²) in [4.78, 5) is 12.8. The Bertz CT molecular complexity index is 524. The van der Waals surface area contributed by atoms with Crippen molar-refractivity contribution in [3.05, 3.63) is 23.3 Å². The van der Waals surface area contributed by atoms with E-state index in [-0.39, 0.29) is 17.7 Å². The van der Waals surface area contributed by atoms with E-state index < -0.39 is 17.6 Å². The lowest BCUT2D eigenvalue weighted by molar-refractivity contribution is -0.144. The molecular weight excluding hydrogens is 254 g/mol. The fraction of sp³-hybridized carbons (Fsp3) is 0.688. The summed E-state index contributed by atoms with van der Waals surface area (Å²) in [5, 5.41) is 24.2. The molecule has 0 spiro atoms. The van der Waals surface area contributed by atoms with Crippen LogP contribution in [0.5, 0.6) is 0 Å². The lowest BCUT2D eigenvalue weighted by Crippen LogP contribution is -2.64. The second kappa shape index (κ2) is 4.26. The minimum absolute atomic E-state index is 0.0220. The number of nitrogens with one attached hydrogen (secondary N) is 1. The highest BCUT2D eigenvalue weighted by molar-refractivity contribution is 5.91. The Morgan fingerprint density at radius 3 is 3.05 bits per heavy atom. The SMILES string of the molecule is O=C1CC[C@H](O)[C@H]2[C@H]3CC4=C(C=CCC4O)[C@@]12CCN3. The first-order valence-electron chi connectivity index (χ1n) is 7.67. The normalized spacial score (nSPS) is 47.0. The molecule has 4 rings (SSSR count). The van der Waals surface area contributed by atoms with Gasteiger partial charge in [0.25, 0.3) is 0 Å². The Hall–Kier alpha value is -0.970. The minimum atomic E-state index is -0.543. The van der Waals surface area contributed by atoms with Crippen molar-refractivity contribution in [3.63, 3.8) is 0 Å². The van der Waals surface area contributed by atoms with Crippen LogP contribution in [0.3, 0.4) is 0 Å². The van der Waals surface area contributed by atoms with Crippen molar-refractivity contribution in [1.29, 1.82) is 0 Å². The molecule has 3 N–H and O–H groups in total. The van der Waals surface area contributed by atoms with E-state index in [9.17, 15) is 15.0 Å². The molecule has 2 bridgehead atoms.